The van der Waals surface area contributed by atoms with Crippen molar-refractivity contribution in [1.82, 2.24) is 29.0 Å². The molecule has 2 fully saturated rings. The Bertz CT molecular complexity index is 2470. The van der Waals surface area contributed by atoms with Crippen molar-refractivity contribution in [3.05, 3.63) is 70.7 Å². The van der Waals surface area contributed by atoms with Gasteiger partial charge in [0.05, 0.1) is 16.7 Å². The first kappa shape index (κ1) is 31.6. The van der Waals surface area contributed by atoms with E-state index in [1.165, 1.54) is 32.0 Å². The maximum atomic E-state index is 15.4. The van der Waals surface area contributed by atoms with Crippen molar-refractivity contribution in [2.24, 2.45) is 7.05 Å². The molecule has 18 heteroatoms. The minimum absolute atomic E-state index is 0.0467. The number of nitrogens with zero attached hydrogens (tertiary/aromatic N) is 5. The summed E-state index contributed by atoms with van der Waals surface area (Å²) < 4.78 is 46.3. The van der Waals surface area contributed by atoms with Gasteiger partial charge in [-0.05, 0) is 60.7 Å². The summed E-state index contributed by atoms with van der Waals surface area (Å²) in [5.41, 5.74) is 2.31. The van der Waals surface area contributed by atoms with E-state index >= 15 is 4.39 Å². The Balaban J connectivity index is 1.10. The van der Waals surface area contributed by atoms with Crippen LogP contribution >= 0.6 is 0 Å². The molecule has 5 aromatic rings. The second-order valence-corrected chi connectivity index (χ2v) is 13.4. The molecule has 16 nitrogen and oxygen atoms in total. The quantitative estimate of drug-likeness (QED) is 0.189. The minimum atomic E-state index is -4.37. The second-order valence-electron chi connectivity index (χ2n) is 11.8. The van der Waals surface area contributed by atoms with E-state index in [1.54, 1.807) is 43.1 Å². The fraction of sp³-hybridized carbons (Fsp3) is 0.226. The molecule has 49 heavy (non-hydrogen) atoms. The number of benzene rings is 3. The van der Waals surface area contributed by atoms with Crippen LogP contribution in [0.4, 0.5) is 15.8 Å². The van der Waals surface area contributed by atoms with Gasteiger partial charge in [-0.1, -0.05) is 6.07 Å². The van der Waals surface area contributed by atoms with Gasteiger partial charge in [0.25, 0.3) is 5.91 Å². The van der Waals surface area contributed by atoms with E-state index in [4.69, 9.17) is 0 Å². The maximum Gasteiger partial charge on any atom is 0.329 e. The van der Waals surface area contributed by atoms with Crippen molar-refractivity contribution in [1.29, 1.82) is 0 Å². The largest absolute Gasteiger partial charge is 0.506 e. The monoisotopic (exact) mass is 690 g/mol. The SMILES string of the molecule is Cc1nn(CC(=O)Nc2ccc3c(F)c(N4CC(=O)NS4(=O)=O)c(O)cc3c2)cc1-c1ccc2c(c1)n(C)c(=O)n2C1CCC(=O)NC1=O. The van der Waals surface area contributed by atoms with Crippen molar-refractivity contribution in [2.45, 2.75) is 32.4 Å². The number of aromatic hydroxyl groups is 1. The third-order valence-corrected chi connectivity index (χ3v) is 9.94. The van der Waals surface area contributed by atoms with E-state index in [1.807, 2.05) is 0 Å². The maximum absolute atomic E-state index is 15.4. The number of carbonyl (C=O) groups excluding carboxylic acids is 4. The average Bonchev–Trinajstić information content (AvgIpc) is 3.61. The zero-order chi connectivity index (χ0) is 34.9. The lowest BCUT2D eigenvalue weighted by Gasteiger charge is -2.21. The zero-order valence-corrected chi connectivity index (χ0v) is 26.7. The first-order chi connectivity index (χ1) is 23.2. The number of halogens is 1. The molecule has 1 unspecified atom stereocenters. The normalized spacial score (nSPS) is 17.5. The predicted molar refractivity (Wildman–Crippen MR) is 173 cm³/mol. The van der Waals surface area contributed by atoms with Crippen LogP contribution in [0.1, 0.15) is 24.6 Å². The number of nitrogens with one attached hydrogen (secondary N) is 3. The molecular formula is C31H27FN8O8S. The van der Waals surface area contributed by atoms with E-state index in [0.717, 1.165) is 6.07 Å². The topological polar surface area (TPSA) is 207 Å². The van der Waals surface area contributed by atoms with Crippen molar-refractivity contribution in [3.8, 4) is 16.9 Å². The number of carbonyl (C=O) groups is 4. The number of amides is 4. The Labute approximate surface area is 275 Å². The fourth-order valence-corrected chi connectivity index (χ4v) is 7.45. The second kappa shape index (κ2) is 11.3. The van der Waals surface area contributed by atoms with Crippen LogP contribution in [0.15, 0.2) is 53.5 Å². The van der Waals surface area contributed by atoms with Crippen molar-refractivity contribution in [3.63, 3.8) is 0 Å². The van der Waals surface area contributed by atoms with Crippen LogP contribution in [0.25, 0.3) is 32.9 Å². The van der Waals surface area contributed by atoms with Crippen molar-refractivity contribution >= 4 is 67.0 Å². The first-order valence-electron chi connectivity index (χ1n) is 14.9. The number of imide groups is 1. The Kier molecular flexibility index (Phi) is 7.27. The number of phenols is 1. The summed E-state index contributed by atoms with van der Waals surface area (Å²) in [5, 5.41) is 20.1. The highest BCUT2D eigenvalue weighted by Gasteiger charge is 2.38. The van der Waals surface area contributed by atoms with Gasteiger partial charge < -0.3 is 10.4 Å². The lowest BCUT2D eigenvalue weighted by atomic mass is 10.0. The van der Waals surface area contributed by atoms with E-state index in [-0.39, 0.29) is 41.8 Å². The molecule has 3 aromatic carbocycles. The van der Waals surface area contributed by atoms with Gasteiger partial charge in [0.15, 0.2) is 5.82 Å². The summed E-state index contributed by atoms with van der Waals surface area (Å²) in [4.78, 5) is 61.9. The molecule has 0 spiro atoms. The molecule has 2 aliphatic rings. The number of aryl methyl sites for hydroxylation is 2. The number of imidazole rings is 1. The number of piperidine rings is 1. The summed E-state index contributed by atoms with van der Waals surface area (Å²) in [7, 11) is -2.77. The third-order valence-electron chi connectivity index (χ3n) is 8.56. The van der Waals surface area contributed by atoms with Crippen LogP contribution in [0.3, 0.4) is 0 Å². The van der Waals surface area contributed by atoms with Crippen molar-refractivity contribution < 1.29 is 37.1 Å². The number of anilines is 2. The standard InChI is InChI=1S/C31H27FN8O8S/c1-15-20(16-3-6-21-23(10-16)37(2)31(46)40(21)22-7-8-25(42)34-30(22)45)12-38(35-15)13-26(43)33-18-4-5-19-17(9-18)11-24(41)29(28(19)32)39-14-27(44)36-49(39,47)48/h3-6,9-12,22,41H,7-8,13-14H2,1-2H3,(H,33,43)(H,36,44)(H,34,42,45). The number of hydrogen-bond acceptors (Lipinski definition) is 9. The summed E-state index contributed by atoms with van der Waals surface area (Å²) in [6.07, 6.45) is 2.01. The number of phenolic OH excluding ortho intramolecular Hbond substituents is 1. The van der Waals surface area contributed by atoms with Crippen LogP contribution < -0.4 is 25.4 Å². The minimum Gasteiger partial charge on any atom is -0.506 e. The zero-order valence-electron chi connectivity index (χ0n) is 25.9. The smallest absolute Gasteiger partial charge is 0.329 e. The molecule has 4 N–H and O–H groups in total. The number of hydrogen-bond donors (Lipinski definition) is 4. The summed E-state index contributed by atoms with van der Waals surface area (Å²) in [6.45, 7) is 0.880. The molecule has 0 aliphatic carbocycles. The number of aromatic nitrogens is 4. The lowest BCUT2D eigenvalue weighted by molar-refractivity contribution is -0.135. The third kappa shape index (κ3) is 5.35. The molecular weight excluding hydrogens is 663 g/mol. The van der Waals surface area contributed by atoms with E-state index in [9.17, 15) is 37.5 Å². The van der Waals surface area contributed by atoms with E-state index in [0.29, 0.717) is 32.2 Å². The van der Waals surface area contributed by atoms with E-state index in [2.05, 4.69) is 15.7 Å². The number of fused-ring (bicyclic) bond motifs is 2. The summed E-state index contributed by atoms with van der Waals surface area (Å²) in [5.74, 6) is -4.01. The Morgan fingerprint density at radius 3 is 2.57 bits per heavy atom. The molecule has 2 aromatic heterocycles. The highest BCUT2D eigenvalue weighted by atomic mass is 32.2. The first-order valence-corrected chi connectivity index (χ1v) is 16.3. The average molecular weight is 691 g/mol. The van der Waals surface area contributed by atoms with Crippen LogP contribution in [0.5, 0.6) is 5.75 Å². The van der Waals surface area contributed by atoms with Gasteiger partial charge in [-0.3, -0.25) is 38.3 Å². The molecule has 4 amide bonds. The molecule has 2 aliphatic heterocycles. The summed E-state index contributed by atoms with van der Waals surface area (Å²) in [6, 6.07) is 9.74. The van der Waals surface area contributed by atoms with Gasteiger partial charge in [-0.15, -0.1) is 0 Å². The molecule has 7 rings (SSSR count). The van der Waals surface area contributed by atoms with Gasteiger partial charge >= 0.3 is 15.9 Å². The molecule has 1 atom stereocenters. The molecule has 0 radical (unpaired) electrons. The molecule has 0 saturated carbocycles. The van der Waals surface area contributed by atoms with Crippen LogP contribution in [0, 0.1) is 12.7 Å². The molecule has 4 heterocycles. The molecule has 2 saturated heterocycles. The van der Waals surface area contributed by atoms with Crippen molar-refractivity contribution in [2.75, 3.05) is 16.2 Å². The highest BCUT2D eigenvalue weighted by Crippen LogP contribution is 2.39. The lowest BCUT2D eigenvalue weighted by Crippen LogP contribution is -2.44. The Morgan fingerprint density at radius 1 is 1.08 bits per heavy atom. The summed E-state index contributed by atoms with van der Waals surface area (Å²) >= 11 is 0. The van der Waals surface area contributed by atoms with Gasteiger partial charge in [0.2, 0.25) is 17.7 Å². The van der Waals surface area contributed by atoms with Crippen LogP contribution in [-0.4, -0.2) is 62.6 Å². The van der Waals surface area contributed by atoms with Crippen LogP contribution in [-0.2, 0) is 43.0 Å². The van der Waals surface area contributed by atoms with Gasteiger partial charge in [0, 0.05) is 36.3 Å². The number of rotatable bonds is 6. The van der Waals surface area contributed by atoms with Gasteiger partial charge in [0.1, 0.15) is 30.6 Å². The Morgan fingerprint density at radius 2 is 1.86 bits per heavy atom. The van der Waals surface area contributed by atoms with Gasteiger partial charge in [-0.2, -0.15) is 13.5 Å². The van der Waals surface area contributed by atoms with E-state index < -0.39 is 63.5 Å². The fourth-order valence-electron chi connectivity index (χ4n) is 6.29. The van der Waals surface area contributed by atoms with Gasteiger partial charge in [-0.25, -0.2) is 18.2 Å². The van der Waals surface area contributed by atoms with Crippen LogP contribution in [0.2, 0.25) is 0 Å². The molecule has 252 valence electrons. The predicted octanol–water partition coefficient (Wildman–Crippen LogP) is 1.31. The Hall–Kier alpha value is -6.04. The molecule has 0 bridgehead atoms. The highest BCUT2D eigenvalue weighted by molar-refractivity contribution is 7.92.